The largest absolute Gasteiger partial charge is 0.354 e. The number of piperidine rings is 1. The molecule has 1 fully saturated rings. The number of rotatable bonds is 5. The van der Waals surface area contributed by atoms with Crippen molar-refractivity contribution in [1.82, 2.24) is 34.4 Å². The van der Waals surface area contributed by atoms with E-state index >= 15 is 0 Å². The number of aryl methyl sites for hydroxylation is 1. The normalized spacial score (nSPS) is 16.9. The molecule has 0 aliphatic carbocycles. The van der Waals surface area contributed by atoms with Crippen LogP contribution in [0.3, 0.4) is 0 Å². The molecule has 1 aliphatic rings. The van der Waals surface area contributed by atoms with Gasteiger partial charge in [-0.05, 0) is 31.5 Å². The summed E-state index contributed by atoms with van der Waals surface area (Å²) in [7, 11) is 0. The van der Waals surface area contributed by atoms with Crippen molar-refractivity contribution in [3.8, 4) is 11.3 Å². The van der Waals surface area contributed by atoms with Crippen LogP contribution in [0.2, 0.25) is 0 Å². The van der Waals surface area contributed by atoms with E-state index in [2.05, 4.69) is 30.7 Å². The molecule has 4 aromatic rings. The minimum atomic E-state index is -2.49. The van der Waals surface area contributed by atoms with E-state index in [1.165, 1.54) is 4.57 Å². The highest BCUT2D eigenvalue weighted by molar-refractivity contribution is 5.82. The first-order valence-corrected chi connectivity index (χ1v) is 9.98. The maximum atomic E-state index is 13.0. The Hall–Kier alpha value is -3.63. The molecule has 0 spiro atoms. The van der Waals surface area contributed by atoms with Gasteiger partial charge in [0.15, 0.2) is 5.65 Å². The second-order valence-electron chi connectivity index (χ2n) is 7.52. The molecule has 0 unspecified atom stereocenters. The fraction of sp³-hybridized carbons (Fsp3) is 0.350. The number of aromatic nitrogens is 6. The standard InChI is InChI=1S/C20H20F2N8O/c1-11-25-15-4-3-14(27-19(15)29(11)10-17(21)22)13-6-7-30-16(13)9-24-20(28-30)26-12-2-5-18(31)23-8-12/h3-4,6-7,9,12,17H,2,5,8,10H2,1H3,(H,23,31)(H,26,28)/t12-/m1/s1. The second kappa shape index (κ2) is 7.56. The number of amides is 1. The Bertz CT molecular complexity index is 1270. The molecular formula is C20H20F2N8O. The zero-order chi connectivity index (χ0) is 21.5. The summed E-state index contributed by atoms with van der Waals surface area (Å²) in [5, 5.41) is 10.6. The van der Waals surface area contributed by atoms with Crippen molar-refractivity contribution >= 4 is 28.5 Å². The Labute approximate surface area is 175 Å². The molecule has 0 aromatic carbocycles. The van der Waals surface area contributed by atoms with Crippen LogP contribution in [0, 0.1) is 6.92 Å². The average molecular weight is 426 g/mol. The fourth-order valence-electron chi connectivity index (χ4n) is 3.84. The van der Waals surface area contributed by atoms with Crippen molar-refractivity contribution < 1.29 is 13.6 Å². The van der Waals surface area contributed by atoms with E-state index in [1.807, 2.05) is 12.1 Å². The van der Waals surface area contributed by atoms with Gasteiger partial charge in [-0.3, -0.25) is 4.79 Å². The van der Waals surface area contributed by atoms with Crippen LogP contribution in [0.1, 0.15) is 18.7 Å². The number of hydrogen-bond donors (Lipinski definition) is 2. The number of halogens is 2. The summed E-state index contributed by atoms with van der Waals surface area (Å²) in [5.74, 6) is 1.02. The highest BCUT2D eigenvalue weighted by Gasteiger charge is 2.19. The maximum absolute atomic E-state index is 13.0. The van der Waals surface area contributed by atoms with Gasteiger partial charge in [0.25, 0.3) is 6.43 Å². The van der Waals surface area contributed by atoms with Gasteiger partial charge in [0.05, 0.1) is 24.0 Å². The first-order chi connectivity index (χ1) is 15.0. The van der Waals surface area contributed by atoms with Crippen molar-refractivity contribution in [3.05, 3.63) is 36.4 Å². The Morgan fingerprint density at radius 1 is 1.29 bits per heavy atom. The van der Waals surface area contributed by atoms with E-state index in [0.29, 0.717) is 41.6 Å². The molecule has 2 N–H and O–H groups in total. The lowest BCUT2D eigenvalue weighted by molar-refractivity contribution is -0.122. The Kier molecular flexibility index (Phi) is 4.72. The number of pyridine rings is 1. The quantitative estimate of drug-likeness (QED) is 0.508. The van der Waals surface area contributed by atoms with E-state index in [9.17, 15) is 13.6 Å². The first kappa shape index (κ1) is 19.3. The molecule has 0 radical (unpaired) electrons. The van der Waals surface area contributed by atoms with Crippen molar-refractivity contribution in [2.75, 3.05) is 11.9 Å². The monoisotopic (exact) mass is 426 g/mol. The number of nitrogens with zero attached hydrogens (tertiary/aromatic N) is 6. The fourth-order valence-corrected chi connectivity index (χ4v) is 3.84. The zero-order valence-corrected chi connectivity index (χ0v) is 16.7. The summed E-state index contributed by atoms with van der Waals surface area (Å²) in [6, 6.07) is 5.54. The molecule has 160 valence electrons. The molecule has 1 atom stereocenters. The van der Waals surface area contributed by atoms with Crippen molar-refractivity contribution in [2.24, 2.45) is 0 Å². The van der Waals surface area contributed by atoms with Gasteiger partial charge in [-0.1, -0.05) is 0 Å². The number of carbonyl (C=O) groups excluding carboxylic acids is 1. The lowest BCUT2D eigenvalue weighted by Crippen LogP contribution is -2.42. The van der Waals surface area contributed by atoms with Gasteiger partial charge >= 0.3 is 0 Å². The number of nitrogens with one attached hydrogen (secondary N) is 2. The zero-order valence-electron chi connectivity index (χ0n) is 16.7. The number of imidazole rings is 1. The third-order valence-electron chi connectivity index (χ3n) is 5.40. The Morgan fingerprint density at radius 2 is 2.16 bits per heavy atom. The third-order valence-corrected chi connectivity index (χ3v) is 5.40. The van der Waals surface area contributed by atoms with Gasteiger partial charge in [0, 0.05) is 30.8 Å². The van der Waals surface area contributed by atoms with Crippen LogP contribution in [-0.4, -0.2) is 54.1 Å². The minimum Gasteiger partial charge on any atom is -0.354 e. The molecule has 1 amide bonds. The van der Waals surface area contributed by atoms with Crippen LogP contribution in [0.25, 0.3) is 27.9 Å². The molecule has 1 saturated heterocycles. The highest BCUT2D eigenvalue weighted by atomic mass is 19.3. The lowest BCUT2D eigenvalue weighted by Gasteiger charge is -2.23. The van der Waals surface area contributed by atoms with Crippen LogP contribution < -0.4 is 10.6 Å². The van der Waals surface area contributed by atoms with E-state index in [4.69, 9.17) is 0 Å². The first-order valence-electron chi connectivity index (χ1n) is 9.98. The van der Waals surface area contributed by atoms with E-state index in [0.717, 1.165) is 17.5 Å². The van der Waals surface area contributed by atoms with Gasteiger partial charge in [0.1, 0.15) is 11.3 Å². The van der Waals surface area contributed by atoms with Gasteiger partial charge < -0.3 is 15.2 Å². The molecule has 0 bridgehead atoms. The van der Waals surface area contributed by atoms with Crippen molar-refractivity contribution in [1.29, 1.82) is 0 Å². The molecule has 1 aliphatic heterocycles. The van der Waals surface area contributed by atoms with Gasteiger partial charge in [0.2, 0.25) is 11.9 Å². The summed E-state index contributed by atoms with van der Waals surface area (Å²) >= 11 is 0. The molecule has 31 heavy (non-hydrogen) atoms. The van der Waals surface area contributed by atoms with Crippen LogP contribution >= 0.6 is 0 Å². The molecule has 5 heterocycles. The molecular weight excluding hydrogens is 406 g/mol. The van der Waals surface area contributed by atoms with Crippen molar-refractivity contribution in [3.63, 3.8) is 0 Å². The van der Waals surface area contributed by atoms with Gasteiger partial charge in [-0.15, -0.1) is 5.10 Å². The molecule has 5 rings (SSSR count). The van der Waals surface area contributed by atoms with Crippen molar-refractivity contribution in [2.45, 2.75) is 38.8 Å². The summed E-state index contributed by atoms with van der Waals surface area (Å²) in [6.45, 7) is 1.78. The number of hydrogen-bond acceptors (Lipinski definition) is 6. The molecule has 9 nitrogen and oxygen atoms in total. The minimum absolute atomic E-state index is 0.0547. The average Bonchev–Trinajstić information content (AvgIpc) is 3.30. The SMILES string of the molecule is Cc1nc2ccc(-c3ccn4nc(N[C@@H]5CCC(=O)NC5)ncc34)nc2n1CC(F)F. The number of carbonyl (C=O) groups is 1. The van der Waals surface area contributed by atoms with E-state index < -0.39 is 13.0 Å². The summed E-state index contributed by atoms with van der Waals surface area (Å²) in [5.41, 5.74) is 3.16. The van der Waals surface area contributed by atoms with E-state index in [-0.39, 0.29) is 11.9 Å². The predicted octanol–water partition coefficient (Wildman–Crippen LogP) is 2.41. The Balaban J connectivity index is 1.46. The number of anilines is 1. The maximum Gasteiger partial charge on any atom is 0.256 e. The van der Waals surface area contributed by atoms with Gasteiger partial charge in [-0.25, -0.2) is 28.2 Å². The Morgan fingerprint density at radius 3 is 2.94 bits per heavy atom. The molecule has 0 saturated carbocycles. The second-order valence-corrected chi connectivity index (χ2v) is 7.52. The van der Waals surface area contributed by atoms with Crippen LogP contribution in [0.15, 0.2) is 30.6 Å². The summed E-state index contributed by atoms with van der Waals surface area (Å²) < 4.78 is 29.1. The summed E-state index contributed by atoms with van der Waals surface area (Å²) in [4.78, 5) is 24.6. The number of fused-ring (bicyclic) bond motifs is 2. The predicted molar refractivity (Wildman–Crippen MR) is 110 cm³/mol. The lowest BCUT2D eigenvalue weighted by atomic mass is 10.1. The van der Waals surface area contributed by atoms with Gasteiger partial charge in [-0.2, -0.15) is 0 Å². The van der Waals surface area contributed by atoms with Crippen LogP contribution in [0.5, 0.6) is 0 Å². The third kappa shape index (κ3) is 3.66. The highest BCUT2D eigenvalue weighted by Crippen LogP contribution is 2.26. The topological polar surface area (TPSA) is 102 Å². The molecule has 4 aromatic heterocycles. The smallest absolute Gasteiger partial charge is 0.256 e. The van der Waals surface area contributed by atoms with E-state index in [1.54, 1.807) is 29.9 Å². The molecule has 11 heteroatoms. The van der Waals surface area contributed by atoms with Crippen LogP contribution in [-0.2, 0) is 11.3 Å². The van der Waals surface area contributed by atoms with Crippen LogP contribution in [0.4, 0.5) is 14.7 Å². The number of alkyl halides is 2. The summed E-state index contributed by atoms with van der Waals surface area (Å²) in [6.07, 6.45) is 2.20.